The number of phenolic OH excluding ortho intramolecular Hbond substituents is 1. The van der Waals surface area contributed by atoms with Crippen LogP contribution in [0.15, 0.2) is 30.3 Å². The maximum atomic E-state index is 13.2. The molecule has 0 radical (unpaired) electrons. The number of fused-ring (bicyclic) bond motifs is 1. The Hall–Kier alpha value is -3.23. The molecule has 1 aliphatic rings. The Kier molecular flexibility index (Phi) is 7.23. The number of rotatable bonds is 9. The number of aliphatic hydroxyl groups is 1. The Labute approximate surface area is 209 Å². The molecule has 3 N–H and O–H groups in total. The van der Waals surface area contributed by atoms with Crippen molar-refractivity contribution < 1.29 is 24.5 Å². The third-order valence-electron chi connectivity index (χ3n) is 6.19. The van der Waals surface area contributed by atoms with Crippen LogP contribution >= 0.6 is 11.6 Å². The lowest BCUT2D eigenvalue weighted by molar-refractivity contribution is 0.0706. The van der Waals surface area contributed by atoms with Gasteiger partial charge < -0.3 is 24.6 Å². The van der Waals surface area contributed by atoms with Crippen LogP contribution in [0, 0.1) is 12.8 Å². The number of H-pyrrole nitrogens is 1. The van der Waals surface area contributed by atoms with Gasteiger partial charge in [0, 0.05) is 22.7 Å². The van der Waals surface area contributed by atoms with Gasteiger partial charge in [-0.2, -0.15) is 5.10 Å². The van der Waals surface area contributed by atoms with Gasteiger partial charge in [-0.3, -0.25) is 9.89 Å². The van der Waals surface area contributed by atoms with Gasteiger partial charge in [-0.25, -0.2) is 0 Å². The molecule has 0 aliphatic carbocycles. The van der Waals surface area contributed by atoms with E-state index in [0.717, 1.165) is 17.5 Å². The first-order valence-corrected chi connectivity index (χ1v) is 11.9. The zero-order valence-electron chi connectivity index (χ0n) is 20.3. The summed E-state index contributed by atoms with van der Waals surface area (Å²) in [6.07, 6.45) is 0.913. The first-order valence-electron chi connectivity index (χ1n) is 11.6. The number of aromatic amines is 1. The minimum atomic E-state index is -0.559. The topological polar surface area (TPSA) is 108 Å². The number of carbonyl (C=O) groups excluding carboxylic acids is 1. The van der Waals surface area contributed by atoms with E-state index >= 15 is 0 Å². The number of halogens is 1. The molecule has 1 amide bonds. The summed E-state index contributed by atoms with van der Waals surface area (Å²) in [6.45, 7) is 6.55. The van der Waals surface area contributed by atoms with Crippen molar-refractivity contribution in [2.45, 2.75) is 33.2 Å². The molecule has 0 saturated heterocycles. The number of ether oxygens (including phenoxy) is 2. The van der Waals surface area contributed by atoms with E-state index in [1.54, 1.807) is 31.1 Å². The predicted molar refractivity (Wildman–Crippen MR) is 133 cm³/mol. The number of benzene rings is 2. The zero-order valence-corrected chi connectivity index (χ0v) is 21.0. The molecule has 2 aromatic carbocycles. The van der Waals surface area contributed by atoms with Crippen molar-refractivity contribution in [3.05, 3.63) is 57.7 Å². The molecule has 35 heavy (non-hydrogen) atoms. The van der Waals surface area contributed by atoms with Crippen LogP contribution in [-0.4, -0.2) is 58.1 Å². The van der Waals surface area contributed by atoms with Crippen molar-refractivity contribution in [1.82, 2.24) is 15.1 Å². The lowest BCUT2D eigenvalue weighted by Crippen LogP contribution is -2.32. The van der Waals surface area contributed by atoms with Crippen LogP contribution in [0.5, 0.6) is 17.2 Å². The fraction of sp³-hybridized carbons (Fsp3) is 0.385. The average molecular weight is 500 g/mol. The third-order valence-corrected chi connectivity index (χ3v) is 6.60. The van der Waals surface area contributed by atoms with Crippen LogP contribution in [0.2, 0.25) is 5.02 Å². The smallest absolute Gasteiger partial charge is 0.273 e. The van der Waals surface area contributed by atoms with Gasteiger partial charge in [-0.05, 0) is 54.7 Å². The molecular formula is C26H30ClN3O5. The number of nitrogens with zero attached hydrogens (tertiary/aromatic N) is 2. The molecule has 1 atom stereocenters. The number of hydrogen-bond donors (Lipinski definition) is 3. The molecule has 186 valence electrons. The summed E-state index contributed by atoms with van der Waals surface area (Å²) in [5.74, 6) is 1.40. The van der Waals surface area contributed by atoms with Crippen molar-refractivity contribution in [3.8, 4) is 28.5 Å². The van der Waals surface area contributed by atoms with Crippen molar-refractivity contribution >= 4 is 17.5 Å². The summed E-state index contributed by atoms with van der Waals surface area (Å²) in [7, 11) is 1.57. The van der Waals surface area contributed by atoms with Crippen molar-refractivity contribution in [2.24, 2.45) is 5.92 Å². The molecule has 0 bridgehead atoms. The standard InChI is InChI=1S/C26H30ClN3O5/c1-14(2)7-10-35-20-6-5-16(12-21(20)34-4)25-22-23(17-13-18(27)15(3)11-19(17)32)28-29-24(22)26(33)30(25)8-9-31/h5-6,11-14,25,31-32H,7-10H2,1-4H3,(H,28,29)/t25-/m1/s1. The van der Waals surface area contributed by atoms with Gasteiger partial charge in [-0.15, -0.1) is 0 Å². The van der Waals surface area contributed by atoms with E-state index in [9.17, 15) is 15.0 Å². The van der Waals surface area contributed by atoms with E-state index in [4.69, 9.17) is 21.1 Å². The number of methoxy groups -OCH3 is 1. The lowest BCUT2D eigenvalue weighted by Gasteiger charge is -2.26. The van der Waals surface area contributed by atoms with Gasteiger partial charge in [-0.1, -0.05) is 31.5 Å². The zero-order chi connectivity index (χ0) is 25.3. The lowest BCUT2D eigenvalue weighted by atomic mass is 9.95. The van der Waals surface area contributed by atoms with Gasteiger partial charge in [0.2, 0.25) is 0 Å². The summed E-state index contributed by atoms with van der Waals surface area (Å²) < 4.78 is 11.5. The Balaban J connectivity index is 1.80. The predicted octanol–water partition coefficient (Wildman–Crippen LogP) is 4.72. The molecule has 1 aromatic heterocycles. The number of amides is 1. The van der Waals surface area contributed by atoms with E-state index < -0.39 is 6.04 Å². The van der Waals surface area contributed by atoms with Crippen LogP contribution in [0.1, 0.15) is 53.5 Å². The maximum Gasteiger partial charge on any atom is 0.273 e. The molecule has 0 spiro atoms. The SMILES string of the molecule is COc1cc([C@@H]2c3c(-c4cc(Cl)c(C)cc4O)n[nH]c3C(=O)N2CCO)ccc1OCCC(C)C. The van der Waals surface area contributed by atoms with E-state index in [2.05, 4.69) is 24.0 Å². The second kappa shape index (κ2) is 10.2. The fourth-order valence-electron chi connectivity index (χ4n) is 4.32. The molecule has 0 unspecified atom stereocenters. The Bertz CT molecular complexity index is 1240. The fourth-order valence-corrected chi connectivity index (χ4v) is 4.48. The van der Waals surface area contributed by atoms with Crippen molar-refractivity contribution in [2.75, 3.05) is 26.9 Å². The highest BCUT2D eigenvalue weighted by Crippen LogP contribution is 2.46. The number of β-amino-alcohol motifs (C(OH)–C–C–N with tert-alkyl or cyclic N) is 1. The monoisotopic (exact) mass is 499 g/mol. The Morgan fingerprint density at radius 3 is 2.69 bits per heavy atom. The van der Waals surface area contributed by atoms with Crippen LogP contribution in [0.25, 0.3) is 11.3 Å². The third kappa shape index (κ3) is 4.68. The highest BCUT2D eigenvalue weighted by Gasteiger charge is 2.42. The Morgan fingerprint density at radius 2 is 2.00 bits per heavy atom. The molecule has 8 nitrogen and oxygen atoms in total. The molecule has 2 heterocycles. The largest absolute Gasteiger partial charge is 0.507 e. The Morgan fingerprint density at radius 1 is 1.23 bits per heavy atom. The first kappa shape index (κ1) is 24.9. The second-order valence-corrected chi connectivity index (χ2v) is 9.45. The normalized spacial score (nSPS) is 15.1. The number of aryl methyl sites for hydroxylation is 1. The number of carbonyl (C=O) groups is 1. The summed E-state index contributed by atoms with van der Waals surface area (Å²) in [4.78, 5) is 14.8. The minimum Gasteiger partial charge on any atom is -0.507 e. The molecule has 0 fully saturated rings. The van der Waals surface area contributed by atoms with Gasteiger partial charge in [0.1, 0.15) is 17.1 Å². The van der Waals surface area contributed by atoms with Crippen LogP contribution in [0.3, 0.4) is 0 Å². The summed E-state index contributed by atoms with van der Waals surface area (Å²) in [5.41, 5.74) is 3.25. The van der Waals surface area contributed by atoms with Crippen LogP contribution in [-0.2, 0) is 0 Å². The van der Waals surface area contributed by atoms with E-state index in [1.165, 1.54) is 0 Å². The highest BCUT2D eigenvalue weighted by molar-refractivity contribution is 6.31. The average Bonchev–Trinajstić information content (AvgIpc) is 3.36. The van der Waals surface area contributed by atoms with Crippen molar-refractivity contribution in [3.63, 3.8) is 0 Å². The quantitative estimate of drug-likeness (QED) is 0.393. The number of aliphatic hydroxyl groups excluding tert-OH is 1. The van der Waals surface area contributed by atoms with E-state index in [0.29, 0.717) is 51.6 Å². The number of aromatic nitrogens is 2. The molecular weight excluding hydrogens is 470 g/mol. The maximum absolute atomic E-state index is 13.2. The number of phenols is 1. The second-order valence-electron chi connectivity index (χ2n) is 9.05. The van der Waals surface area contributed by atoms with E-state index in [-0.39, 0.29) is 24.8 Å². The first-order chi connectivity index (χ1) is 16.8. The number of aromatic hydroxyl groups is 1. The van der Waals surface area contributed by atoms with Gasteiger partial charge >= 0.3 is 0 Å². The van der Waals surface area contributed by atoms with E-state index in [1.807, 2.05) is 18.2 Å². The van der Waals surface area contributed by atoms with Gasteiger partial charge in [0.05, 0.1) is 26.4 Å². The molecule has 1 aliphatic heterocycles. The summed E-state index contributed by atoms with van der Waals surface area (Å²) >= 11 is 6.34. The van der Waals surface area contributed by atoms with Gasteiger partial charge in [0.15, 0.2) is 11.5 Å². The molecule has 3 aromatic rings. The summed E-state index contributed by atoms with van der Waals surface area (Å²) in [5, 5.41) is 28.0. The van der Waals surface area contributed by atoms with Crippen LogP contribution in [0.4, 0.5) is 0 Å². The molecule has 9 heteroatoms. The summed E-state index contributed by atoms with van der Waals surface area (Å²) in [6, 6.07) is 8.20. The highest BCUT2D eigenvalue weighted by atomic mass is 35.5. The number of hydrogen-bond acceptors (Lipinski definition) is 6. The van der Waals surface area contributed by atoms with Gasteiger partial charge in [0.25, 0.3) is 5.91 Å². The minimum absolute atomic E-state index is 0.0134. The number of nitrogens with one attached hydrogen (secondary N) is 1. The molecule has 4 rings (SSSR count). The molecule has 0 saturated carbocycles. The van der Waals surface area contributed by atoms with Crippen LogP contribution < -0.4 is 9.47 Å². The van der Waals surface area contributed by atoms with Crippen molar-refractivity contribution in [1.29, 1.82) is 0 Å².